The first kappa shape index (κ1) is 30.8. The van der Waals surface area contributed by atoms with Gasteiger partial charge >= 0.3 is 0 Å². The number of nitrogens with one attached hydrogen (secondary N) is 1. The number of aryl methyl sites for hydroxylation is 1. The molecule has 41 heavy (non-hydrogen) atoms. The summed E-state index contributed by atoms with van der Waals surface area (Å²) in [6, 6.07) is 7.58. The SMILES string of the molecule is COc1cc2c(=O)n(C)nc(N[C@H](C)c3cccc(C(F)(F)CCN(C)C)c3F)c2cc1C1CCN(C(C)C)CC1. The summed E-state index contributed by atoms with van der Waals surface area (Å²) >= 11 is 0. The summed E-state index contributed by atoms with van der Waals surface area (Å²) < 4.78 is 52.4. The molecule has 1 fully saturated rings. The highest BCUT2D eigenvalue weighted by Gasteiger charge is 2.35. The largest absolute Gasteiger partial charge is 0.496 e. The smallest absolute Gasteiger partial charge is 0.277 e. The Labute approximate surface area is 240 Å². The van der Waals surface area contributed by atoms with Gasteiger partial charge in [-0.2, -0.15) is 5.10 Å². The highest BCUT2D eigenvalue weighted by molar-refractivity contribution is 5.93. The quantitative estimate of drug-likeness (QED) is 0.327. The van der Waals surface area contributed by atoms with Crippen LogP contribution in [0.5, 0.6) is 5.75 Å². The minimum atomic E-state index is -3.32. The van der Waals surface area contributed by atoms with E-state index in [9.17, 15) is 13.6 Å². The molecule has 0 unspecified atom stereocenters. The Balaban J connectivity index is 1.71. The summed E-state index contributed by atoms with van der Waals surface area (Å²) in [4.78, 5) is 17.2. The Hall–Kier alpha value is -3.11. The molecule has 224 valence electrons. The molecule has 1 N–H and O–H groups in total. The van der Waals surface area contributed by atoms with Gasteiger partial charge in [0.1, 0.15) is 11.6 Å². The monoisotopic (exact) mass is 573 g/mol. The molecule has 0 spiro atoms. The lowest BCUT2D eigenvalue weighted by atomic mass is 9.87. The second-order valence-electron chi connectivity index (χ2n) is 11.7. The fourth-order valence-electron chi connectivity index (χ4n) is 5.67. The standard InChI is InChI=1S/C31H42F3N5O2/c1-19(2)39-14-11-21(12-15-39)23-17-24-25(18-27(23)41-7)30(40)38(6)36-29(24)35-20(3)22-9-8-10-26(28(22)32)31(33,34)13-16-37(4)5/h8-10,17-21H,11-16H2,1-7H3,(H,35,36)/t20-/m1/s1. The number of benzene rings is 2. The van der Waals surface area contributed by atoms with Crippen molar-refractivity contribution in [2.24, 2.45) is 7.05 Å². The Morgan fingerprint density at radius 3 is 2.44 bits per heavy atom. The molecule has 0 amide bonds. The van der Waals surface area contributed by atoms with E-state index in [0.29, 0.717) is 28.4 Å². The van der Waals surface area contributed by atoms with Gasteiger partial charge in [-0.25, -0.2) is 17.9 Å². The third-order valence-corrected chi connectivity index (χ3v) is 8.21. The second-order valence-corrected chi connectivity index (χ2v) is 11.7. The van der Waals surface area contributed by atoms with Crippen LogP contribution in [0.2, 0.25) is 0 Å². The van der Waals surface area contributed by atoms with E-state index < -0.39 is 29.8 Å². The molecule has 0 radical (unpaired) electrons. The van der Waals surface area contributed by atoms with Crippen molar-refractivity contribution < 1.29 is 17.9 Å². The van der Waals surface area contributed by atoms with Gasteiger partial charge in [0, 0.05) is 37.0 Å². The highest BCUT2D eigenvalue weighted by atomic mass is 19.3. The van der Waals surface area contributed by atoms with Gasteiger partial charge in [0.25, 0.3) is 11.5 Å². The molecule has 1 saturated heterocycles. The zero-order valence-corrected chi connectivity index (χ0v) is 25.1. The number of fused-ring (bicyclic) bond motifs is 1. The van der Waals surface area contributed by atoms with Crippen LogP contribution >= 0.6 is 0 Å². The Bertz CT molecular complexity index is 1430. The topological polar surface area (TPSA) is 62.6 Å². The molecule has 2 aromatic carbocycles. The molecule has 10 heteroatoms. The van der Waals surface area contributed by atoms with Crippen molar-refractivity contribution in [3.05, 3.63) is 63.2 Å². The molecule has 7 nitrogen and oxygen atoms in total. The van der Waals surface area contributed by atoms with Crippen LogP contribution in [-0.4, -0.2) is 66.5 Å². The zero-order chi connectivity index (χ0) is 30.1. The van der Waals surface area contributed by atoms with Crippen LogP contribution in [0.15, 0.2) is 35.1 Å². The van der Waals surface area contributed by atoms with Gasteiger partial charge in [0.15, 0.2) is 5.82 Å². The third kappa shape index (κ3) is 6.54. The van der Waals surface area contributed by atoms with Crippen molar-refractivity contribution in [1.82, 2.24) is 19.6 Å². The normalized spacial score (nSPS) is 16.1. The summed E-state index contributed by atoms with van der Waals surface area (Å²) in [5.41, 5.74) is 0.198. The van der Waals surface area contributed by atoms with E-state index in [1.807, 2.05) is 6.07 Å². The van der Waals surface area contributed by atoms with E-state index in [2.05, 4.69) is 29.2 Å². The number of nitrogens with zero attached hydrogens (tertiary/aromatic N) is 4. The third-order valence-electron chi connectivity index (χ3n) is 8.21. The summed E-state index contributed by atoms with van der Waals surface area (Å²) in [5, 5.41) is 8.69. The van der Waals surface area contributed by atoms with E-state index in [0.717, 1.165) is 37.6 Å². The number of hydrogen-bond donors (Lipinski definition) is 1. The number of aromatic nitrogens is 2. The first-order valence-corrected chi connectivity index (χ1v) is 14.2. The molecule has 3 aromatic rings. The minimum absolute atomic E-state index is 0.102. The summed E-state index contributed by atoms with van der Waals surface area (Å²) in [5.74, 6) is -2.98. The maximum Gasteiger partial charge on any atom is 0.277 e. The van der Waals surface area contributed by atoms with Crippen LogP contribution in [-0.2, 0) is 13.0 Å². The van der Waals surface area contributed by atoms with Gasteiger partial charge in [-0.3, -0.25) is 4.79 Å². The number of piperidine rings is 1. The fraction of sp³-hybridized carbons (Fsp3) is 0.548. The number of methoxy groups -OCH3 is 1. The van der Waals surface area contributed by atoms with Gasteiger partial charge in [-0.15, -0.1) is 0 Å². The van der Waals surface area contributed by atoms with Crippen LogP contribution in [0.3, 0.4) is 0 Å². The molecule has 0 saturated carbocycles. The maximum atomic E-state index is 15.6. The first-order valence-electron chi connectivity index (χ1n) is 14.2. The summed E-state index contributed by atoms with van der Waals surface area (Å²) in [6.07, 6.45) is 1.42. The van der Waals surface area contributed by atoms with Crippen molar-refractivity contribution in [3.8, 4) is 5.75 Å². The van der Waals surface area contributed by atoms with E-state index in [1.54, 1.807) is 46.1 Å². The van der Waals surface area contributed by atoms with Crippen LogP contribution in [0, 0.1) is 5.82 Å². The number of ether oxygens (including phenoxy) is 1. The van der Waals surface area contributed by atoms with E-state index >= 15 is 4.39 Å². The maximum absolute atomic E-state index is 15.6. The molecule has 0 aliphatic carbocycles. The Kier molecular flexibility index (Phi) is 9.33. The molecule has 0 bridgehead atoms. The average Bonchev–Trinajstić information content (AvgIpc) is 2.94. The molecule has 1 atom stereocenters. The van der Waals surface area contributed by atoms with E-state index in [1.165, 1.54) is 16.8 Å². The molecule has 1 aliphatic heterocycles. The number of likely N-dealkylation sites (tertiary alicyclic amines) is 1. The highest BCUT2D eigenvalue weighted by Crippen LogP contribution is 2.39. The first-order chi connectivity index (χ1) is 19.3. The van der Waals surface area contributed by atoms with Crippen LogP contribution < -0.4 is 15.6 Å². The molecule has 1 aromatic heterocycles. The van der Waals surface area contributed by atoms with Gasteiger partial charge in [0.05, 0.1) is 24.1 Å². The Morgan fingerprint density at radius 1 is 1.15 bits per heavy atom. The average molecular weight is 574 g/mol. The summed E-state index contributed by atoms with van der Waals surface area (Å²) in [6.45, 7) is 8.15. The molecule has 4 rings (SSSR count). The molecule has 1 aliphatic rings. The Morgan fingerprint density at radius 2 is 1.83 bits per heavy atom. The number of hydrogen-bond acceptors (Lipinski definition) is 6. The van der Waals surface area contributed by atoms with Crippen molar-refractivity contribution in [3.63, 3.8) is 0 Å². The van der Waals surface area contributed by atoms with E-state index in [-0.39, 0.29) is 23.6 Å². The van der Waals surface area contributed by atoms with E-state index in [4.69, 9.17) is 4.74 Å². The number of alkyl halides is 2. The van der Waals surface area contributed by atoms with Crippen molar-refractivity contribution in [1.29, 1.82) is 0 Å². The lowest BCUT2D eigenvalue weighted by Crippen LogP contribution is -2.37. The lowest BCUT2D eigenvalue weighted by molar-refractivity contribution is -0.0221. The van der Waals surface area contributed by atoms with Crippen LogP contribution in [0.4, 0.5) is 19.0 Å². The van der Waals surface area contributed by atoms with Crippen molar-refractivity contribution >= 4 is 16.6 Å². The predicted octanol–water partition coefficient (Wildman–Crippen LogP) is 5.89. The predicted molar refractivity (Wildman–Crippen MR) is 158 cm³/mol. The van der Waals surface area contributed by atoms with Crippen molar-refractivity contribution in [2.75, 3.05) is 46.2 Å². The molecule has 2 heterocycles. The van der Waals surface area contributed by atoms with Gasteiger partial charge < -0.3 is 19.9 Å². The number of anilines is 1. The van der Waals surface area contributed by atoms with Gasteiger partial charge in [0.2, 0.25) is 0 Å². The number of rotatable bonds is 10. The molecular weight excluding hydrogens is 531 g/mol. The van der Waals surface area contributed by atoms with Crippen molar-refractivity contribution in [2.45, 2.75) is 64.0 Å². The number of halogens is 3. The van der Waals surface area contributed by atoms with Crippen LogP contribution in [0.1, 0.15) is 68.7 Å². The van der Waals surface area contributed by atoms with Crippen LogP contribution in [0.25, 0.3) is 10.8 Å². The molecular formula is C31H42F3N5O2. The fourth-order valence-corrected chi connectivity index (χ4v) is 5.67. The van der Waals surface area contributed by atoms with Gasteiger partial charge in [-0.05, 0) is 84.4 Å². The lowest BCUT2D eigenvalue weighted by Gasteiger charge is -2.35. The van der Waals surface area contributed by atoms with Gasteiger partial charge in [-0.1, -0.05) is 18.2 Å². The second kappa shape index (κ2) is 12.4. The minimum Gasteiger partial charge on any atom is -0.496 e. The summed E-state index contributed by atoms with van der Waals surface area (Å²) in [7, 11) is 6.56. The zero-order valence-electron chi connectivity index (χ0n) is 25.1.